The molecular weight excluding hydrogens is 365 g/mol. The maximum Gasteiger partial charge on any atom is 0.340 e. The standard InChI is InChI=1S/C18H13Cl2NO4/c1-10-16(18(23)24-2)13(9-12-4-3-7-25-12)17(22)21(10)11-5-6-14(19)15(20)8-11/h3-9H,1-2H3/b13-9-. The number of hydrogen-bond donors (Lipinski definition) is 0. The molecule has 1 aliphatic rings. The lowest BCUT2D eigenvalue weighted by Gasteiger charge is -2.18. The third kappa shape index (κ3) is 3.08. The molecule has 128 valence electrons. The predicted octanol–water partition coefficient (Wildman–Crippen LogP) is 4.46. The molecule has 2 heterocycles. The van der Waals surface area contributed by atoms with Crippen molar-refractivity contribution in [2.45, 2.75) is 6.92 Å². The lowest BCUT2D eigenvalue weighted by atomic mass is 10.1. The zero-order valence-electron chi connectivity index (χ0n) is 13.4. The van der Waals surface area contributed by atoms with Crippen LogP contribution in [0.3, 0.4) is 0 Å². The summed E-state index contributed by atoms with van der Waals surface area (Å²) in [6.45, 7) is 1.66. The van der Waals surface area contributed by atoms with Gasteiger partial charge in [0.05, 0.1) is 40.3 Å². The van der Waals surface area contributed by atoms with Crippen molar-refractivity contribution in [2.24, 2.45) is 0 Å². The Balaban J connectivity index is 2.15. The lowest BCUT2D eigenvalue weighted by molar-refractivity contribution is -0.136. The van der Waals surface area contributed by atoms with Gasteiger partial charge in [-0.2, -0.15) is 0 Å². The number of carbonyl (C=O) groups is 2. The average Bonchev–Trinajstić information content (AvgIpc) is 3.17. The van der Waals surface area contributed by atoms with Gasteiger partial charge in [0.25, 0.3) is 5.91 Å². The second-order valence-corrected chi connectivity index (χ2v) is 6.08. The van der Waals surface area contributed by atoms with Crippen molar-refractivity contribution in [2.75, 3.05) is 12.0 Å². The number of amides is 1. The molecule has 0 saturated heterocycles. The van der Waals surface area contributed by atoms with Gasteiger partial charge in [-0.15, -0.1) is 0 Å². The summed E-state index contributed by atoms with van der Waals surface area (Å²) in [4.78, 5) is 26.6. The number of halogens is 2. The molecule has 0 spiro atoms. The molecule has 25 heavy (non-hydrogen) atoms. The molecule has 0 unspecified atom stereocenters. The highest BCUT2D eigenvalue weighted by Gasteiger charge is 2.38. The van der Waals surface area contributed by atoms with E-state index in [1.165, 1.54) is 24.3 Å². The average molecular weight is 378 g/mol. The van der Waals surface area contributed by atoms with E-state index in [2.05, 4.69) is 0 Å². The Bertz CT molecular complexity index is 913. The topological polar surface area (TPSA) is 59.8 Å². The first kappa shape index (κ1) is 17.3. The van der Waals surface area contributed by atoms with Crippen LogP contribution in [0.5, 0.6) is 0 Å². The molecule has 0 bridgehead atoms. The maximum absolute atomic E-state index is 13.0. The van der Waals surface area contributed by atoms with Crippen LogP contribution >= 0.6 is 23.2 Å². The van der Waals surface area contributed by atoms with Gasteiger partial charge in [0.15, 0.2) is 0 Å². The van der Waals surface area contributed by atoms with Gasteiger partial charge >= 0.3 is 5.97 Å². The smallest absolute Gasteiger partial charge is 0.340 e. The van der Waals surface area contributed by atoms with Crippen molar-refractivity contribution in [3.8, 4) is 0 Å². The summed E-state index contributed by atoms with van der Waals surface area (Å²) in [6, 6.07) is 8.19. The normalized spacial score (nSPS) is 16.1. The molecule has 5 nitrogen and oxygen atoms in total. The number of benzene rings is 1. The Kier molecular flexibility index (Phi) is 4.70. The molecule has 0 atom stereocenters. The highest BCUT2D eigenvalue weighted by Crippen LogP contribution is 2.37. The van der Waals surface area contributed by atoms with Crippen LogP contribution in [0.4, 0.5) is 5.69 Å². The minimum Gasteiger partial charge on any atom is -0.465 e. The fourth-order valence-corrected chi connectivity index (χ4v) is 2.92. The quantitative estimate of drug-likeness (QED) is 0.584. The van der Waals surface area contributed by atoms with E-state index in [-0.39, 0.29) is 17.1 Å². The number of carbonyl (C=O) groups excluding carboxylic acids is 2. The van der Waals surface area contributed by atoms with Crippen LogP contribution in [0.2, 0.25) is 10.0 Å². The van der Waals surface area contributed by atoms with E-state index < -0.39 is 5.97 Å². The number of methoxy groups -OCH3 is 1. The van der Waals surface area contributed by atoms with Gasteiger partial charge < -0.3 is 9.15 Å². The monoisotopic (exact) mass is 377 g/mol. The number of anilines is 1. The molecule has 1 aliphatic heterocycles. The largest absolute Gasteiger partial charge is 0.465 e. The van der Waals surface area contributed by atoms with Gasteiger partial charge in [-0.25, -0.2) is 4.79 Å². The van der Waals surface area contributed by atoms with Crippen LogP contribution in [0.1, 0.15) is 12.7 Å². The number of ether oxygens (including phenoxy) is 1. The molecule has 1 amide bonds. The molecule has 0 radical (unpaired) electrons. The number of nitrogens with zero attached hydrogens (tertiary/aromatic N) is 1. The summed E-state index contributed by atoms with van der Waals surface area (Å²) in [6.07, 6.45) is 2.99. The van der Waals surface area contributed by atoms with Gasteiger partial charge in [0, 0.05) is 5.70 Å². The number of rotatable bonds is 3. The van der Waals surface area contributed by atoms with E-state index in [0.717, 1.165) is 0 Å². The van der Waals surface area contributed by atoms with Gasteiger partial charge in [-0.05, 0) is 43.3 Å². The molecule has 1 aromatic heterocycles. The second-order valence-electron chi connectivity index (χ2n) is 5.26. The van der Waals surface area contributed by atoms with Crippen LogP contribution < -0.4 is 4.90 Å². The van der Waals surface area contributed by atoms with Crippen molar-refractivity contribution in [1.29, 1.82) is 0 Å². The Morgan fingerprint density at radius 2 is 2.00 bits per heavy atom. The fourth-order valence-electron chi connectivity index (χ4n) is 2.63. The summed E-state index contributed by atoms with van der Waals surface area (Å²) < 4.78 is 10.1. The highest BCUT2D eigenvalue weighted by molar-refractivity contribution is 6.42. The first-order valence-corrected chi connectivity index (χ1v) is 8.04. The number of furan rings is 1. The molecule has 1 aromatic carbocycles. The van der Waals surface area contributed by atoms with Gasteiger partial charge in [-0.1, -0.05) is 23.2 Å². The lowest BCUT2D eigenvalue weighted by Crippen LogP contribution is -2.24. The van der Waals surface area contributed by atoms with Crippen LogP contribution in [-0.4, -0.2) is 19.0 Å². The first-order valence-electron chi connectivity index (χ1n) is 7.28. The van der Waals surface area contributed by atoms with Crippen molar-refractivity contribution in [1.82, 2.24) is 0 Å². The molecular formula is C18H13Cl2NO4. The van der Waals surface area contributed by atoms with Crippen molar-refractivity contribution < 1.29 is 18.7 Å². The Hall–Kier alpha value is -2.50. The van der Waals surface area contributed by atoms with E-state index in [1.54, 1.807) is 37.3 Å². The molecule has 0 aliphatic carbocycles. The van der Waals surface area contributed by atoms with E-state index in [0.29, 0.717) is 27.2 Å². The Morgan fingerprint density at radius 1 is 1.24 bits per heavy atom. The van der Waals surface area contributed by atoms with E-state index in [4.69, 9.17) is 32.4 Å². The molecule has 0 fully saturated rings. The van der Waals surface area contributed by atoms with Crippen molar-refractivity contribution in [3.63, 3.8) is 0 Å². The summed E-state index contributed by atoms with van der Waals surface area (Å²) >= 11 is 12.0. The maximum atomic E-state index is 13.0. The van der Waals surface area contributed by atoms with E-state index in [9.17, 15) is 9.59 Å². The first-order chi connectivity index (χ1) is 11.9. The fraction of sp³-hybridized carbons (Fsp3) is 0.111. The summed E-state index contributed by atoms with van der Waals surface area (Å²) in [5, 5.41) is 0.682. The Labute approximate surface area is 154 Å². The van der Waals surface area contributed by atoms with Gasteiger partial charge in [-0.3, -0.25) is 9.69 Å². The summed E-state index contributed by atoms with van der Waals surface area (Å²) in [7, 11) is 1.26. The molecule has 2 aromatic rings. The summed E-state index contributed by atoms with van der Waals surface area (Å²) in [5.41, 5.74) is 1.30. The third-order valence-corrected chi connectivity index (χ3v) is 4.52. The molecule has 3 rings (SSSR count). The van der Waals surface area contributed by atoms with Crippen molar-refractivity contribution >= 4 is 46.8 Å². The van der Waals surface area contributed by atoms with E-state index in [1.807, 2.05) is 0 Å². The van der Waals surface area contributed by atoms with Crippen LogP contribution in [0.25, 0.3) is 6.08 Å². The molecule has 0 saturated carbocycles. The van der Waals surface area contributed by atoms with Crippen molar-refractivity contribution in [3.05, 3.63) is 69.2 Å². The molecule has 7 heteroatoms. The zero-order valence-corrected chi connectivity index (χ0v) is 14.9. The highest BCUT2D eigenvalue weighted by atomic mass is 35.5. The van der Waals surface area contributed by atoms with Gasteiger partial charge in [0.1, 0.15) is 5.76 Å². The predicted molar refractivity (Wildman–Crippen MR) is 95.3 cm³/mol. The van der Waals surface area contributed by atoms with Gasteiger partial charge in [0.2, 0.25) is 0 Å². The van der Waals surface area contributed by atoms with Crippen LogP contribution in [0, 0.1) is 0 Å². The number of allylic oxidation sites excluding steroid dienone is 1. The number of hydrogen-bond acceptors (Lipinski definition) is 4. The van der Waals surface area contributed by atoms with Crippen LogP contribution in [-0.2, 0) is 14.3 Å². The minimum atomic E-state index is -0.605. The SMILES string of the molecule is COC(=O)C1=C(C)N(c2ccc(Cl)c(Cl)c2)C(=O)/C1=C\c1ccco1. The number of esters is 1. The van der Waals surface area contributed by atoms with E-state index >= 15 is 0 Å². The molecule has 0 N–H and O–H groups in total. The second kappa shape index (κ2) is 6.78. The van der Waals surface area contributed by atoms with Crippen LogP contribution in [0.15, 0.2) is 57.9 Å². The minimum absolute atomic E-state index is 0.176. The summed E-state index contributed by atoms with van der Waals surface area (Å²) in [5.74, 6) is -0.535. The zero-order chi connectivity index (χ0) is 18.1. The Morgan fingerprint density at radius 3 is 2.60 bits per heavy atom. The third-order valence-electron chi connectivity index (χ3n) is 3.78.